The van der Waals surface area contributed by atoms with Crippen LogP contribution >= 0.6 is 0 Å². The van der Waals surface area contributed by atoms with Gasteiger partial charge in [-0.2, -0.15) is 0 Å². The number of rotatable bonds is 6. The second-order valence-corrected chi connectivity index (χ2v) is 5.32. The second kappa shape index (κ2) is 5.36. The van der Waals surface area contributed by atoms with Crippen LogP contribution in [-0.2, 0) is 4.79 Å². The van der Waals surface area contributed by atoms with Gasteiger partial charge in [-0.05, 0) is 20.8 Å². The maximum Gasteiger partial charge on any atom is 0.219 e. The topological polar surface area (TPSA) is 97.3 Å². The summed E-state index contributed by atoms with van der Waals surface area (Å²) in [6, 6.07) is 0. The first-order chi connectivity index (χ1) is 9.41. The highest BCUT2D eigenvalue weighted by Crippen LogP contribution is 2.22. The molecule has 0 unspecified atom stereocenters. The number of primary amides is 1. The number of hydrogen-bond donors (Lipinski definition) is 3. The summed E-state index contributed by atoms with van der Waals surface area (Å²) in [5, 5.41) is 6.41. The maximum atomic E-state index is 11.1. The lowest BCUT2D eigenvalue weighted by atomic mass is 10.0. The van der Waals surface area contributed by atoms with Crippen LogP contribution in [0.1, 0.15) is 27.2 Å². The number of nitrogens with zero attached hydrogens (tertiary/aromatic N) is 3. The number of aromatic nitrogens is 3. The van der Waals surface area contributed by atoms with E-state index in [9.17, 15) is 4.79 Å². The molecule has 7 nitrogen and oxygen atoms in total. The Bertz CT molecular complexity index is 618. The van der Waals surface area contributed by atoms with E-state index in [2.05, 4.69) is 20.6 Å². The van der Waals surface area contributed by atoms with Crippen LogP contribution in [0.4, 0.5) is 11.6 Å². The number of fused-ring (bicyclic) bond motifs is 1. The molecule has 0 aliphatic heterocycles. The predicted octanol–water partition coefficient (Wildman–Crippen LogP) is 1.23. The minimum absolute atomic E-state index is 0.215. The van der Waals surface area contributed by atoms with Crippen LogP contribution in [0.25, 0.3) is 5.65 Å². The van der Waals surface area contributed by atoms with Gasteiger partial charge in [0.05, 0.1) is 6.20 Å². The molecule has 2 aromatic heterocycles. The van der Waals surface area contributed by atoms with Crippen LogP contribution < -0.4 is 16.4 Å². The van der Waals surface area contributed by atoms with Gasteiger partial charge in [0.2, 0.25) is 5.91 Å². The average Bonchev–Trinajstić information content (AvgIpc) is 2.75. The van der Waals surface area contributed by atoms with Gasteiger partial charge in [-0.3, -0.25) is 4.79 Å². The number of anilines is 2. The Hall–Kier alpha value is -2.31. The van der Waals surface area contributed by atoms with Crippen molar-refractivity contribution in [3.8, 4) is 0 Å². The van der Waals surface area contributed by atoms with Crippen molar-refractivity contribution in [2.45, 2.75) is 32.7 Å². The highest BCUT2D eigenvalue weighted by atomic mass is 16.1. The Morgan fingerprint density at radius 1 is 1.50 bits per heavy atom. The van der Waals surface area contributed by atoms with Gasteiger partial charge in [-0.1, -0.05) is 0 Å². The van der Waals surface area contributed by atoms with Crippen molar-refractivity contribution in [1.29, 1.82) is 0 Å². The van der Waals surface area contributed by atoms with E-state index < -0.39 is 5.54 Å². The van der Waals surface area contributed by atoms with Crippen LogP contribution in [0.5, 0.6) is 0 Å². The van der Waals surface area contributed by atoms with E-state index in [0.29, 0.717) is 11.5 Å². The Morgan fingerprint density at radius 3 is 2.90 bits per heavy atom. The highest BCUT2D eigenvalue weighted by Gasteiger charge is 2.22. The van der Waals surface area contributed by atoms with Gasteiger partial charge in [-0.25, -0.2) is 9.97 Å². The van der Waals surface area contributed by atoms with E-state index in [1.54, 1.807) is 6.20 Å². The summed E-state index contributed by atoms with van der Waals surface area (Å²) in [6.45, 7) is 6.58. The molecule has 20 heavy (non-hydrogen) atoms. The number of amides is 1. The largest absolute Gasteiger partial charge is 0.370 e. The third-order valence-electron chi connectivity index (χ3n) is 2.80. The van der Waals surface area contributed by atoms with E-state index >= 15 is 0 Å². The Labute approximate surface area is 117 Å². The van der Waals surface area contributed by atoms with E-state index in [1.807, 2.05) is 37.6 Å². The number of carbonyl (C=O) groups is 1. The van der Waals surface area contributed by atoms with Crippen molar-refractivity contribution < 1.29 is 4.79 Å². The fraction of sp³-hybridized carbons (Fsp3) is 0.462. The molecule has 0 spiro atoms. The molecule has 108 valence electrons. The first-order valence-electron chi connectivity index (χ1n) is 6.55. The molecule has 0 fully saturated rings. The summed E-state index contributed by atoms with van der Waals surface area (Å²) >= 11 is 0. The van der Waals surface area contributed by atoms with Crippen LogP contribution in [0, 0.1) is 0 Å². The number of hydrogen-bond acceptors (Lipinski definition) is 5. The fourth-order valence-corrected chi connectivity index (χ4v) is 2.08. The Balaban J connectivity index is 2.36. The molecule has 0 aromatic carbocycles. The summed E-state index contributed by atoms with van der Waals surface area (Å²) in [6.07, 6.45) is 5.65. The van der Waals surface area contributed by atoms with Crippen LogP contribution in [0.2, 0.25) is 0 Å². The summed E-state index contributed by atoms with van der Waals surface area (Å²) < 4.78 is 1.88. The van der Waals surface area contributed by atoms with Crippen LogP contribution in [0.3, 0.4) is 0 Å². The molecule has 0 saturated carbocycles. The van der Waals surface area contributed by atoms with Crippen molar-refractivity contribution in [2.24, 2.45) is 5.73 Å². The predicted molar refractivity (Wildman–Crippen MR) is 78.7 cm³/mol. The first kappa shape index (κ1) is 14.1. The monoisotopic (exact) mass is 276 g/mol. The van der Waals surface area contributed by atoms with Crippen LogP contribution in [0.15, 0.2) is 18.6 Å². The van der Waals surface area contributed by atoms with Gasteiger partial charge in [-0.15, -0.1) is 0 Å². The molecule has 4 N–H and O–H groups in total. The molecular weight excluding hydrogens is 256 g/mol. The summed E-state index contributed by atoms with van der Waals surface area (Å²) in [7, 11) is 0. The van der Waals surface area contributed by atoms with Gasteiger partial charge >= 0.3 is 0 Å². The molecule has 1 amide bonds. The molecule has 2 rings (SSSR count). The van der Waals surface area contributed by atoms with E-state index in [-0.39, 0.29) is 12.3 Å². The van der Waals surface area contributed by atoms with Crippen LogP contribution in [-0.4, -0.2) is 32.4 Å². The summed E-state index contributed by atoms with van der Waals surface area (Å²) in [5.41, 5.74) is 5.49. The van der Waals surface area contributed by atoms with E-state index in [0.717, 1.165) is 12.4 Å². The van der Waals surface area contributed by atoms with Gasteiger partial charge in [0.15, 0.2) is 11.5 Å². The zero-order valence-electron chi connectivity index (χ0n) is 12.0. The first-order valence-corrected chi connectivity index (χ1v) is 6.55. The molecule has 0 aliphatic carbocycles. The standard InChI is InChI=1S/C13H20N6O/c1-4-15-10-8-19-6-5-16-12(19)11(17-10)18-13(2,3)7-9(14)20/h5-6,8,15H,4,7H2,1-3H3,(H2,14,20)(H,17,18). The lowest BCUT2D eigenvalue weighted by Gasteiger charge is -2.25. The number of nitrogens with one attached hydrogen (secondary N) is 2. The smallest absolute Gasteiger partial charge is 0.219 e. The lowest BCUT2D eigenvalue weighted by Crippen LogP contribution is -2.36. The van der Waals surface area contributed by atoms with Gasteiger partial charge in [0.1, 0.15) is 5.82 Å². The number of imidazole rings is 1. The Kier molecular flexibility index (Phi) is 3.78. The fourth-order valence-electron chi connectivity index (χ4n) is 2.08. The third kappa shape index (κ3) is 3.17. The summed E-state index contributed by atoms with van der Waals surface area (Å²) in [4.78, 5) is 19.9. The molecule has 0 radical (unpaired) electrons. The van der Waals surface area contributed by atoms with Crippen molar-refractivity contribution in [2.75, 3.05) is 17.2 Å². The molecule has 2 heterocycles. The zero-order chi connectivity index (χ0) is 14.8. The minimum Gasteiger partial charge on any atom is -0.370 e. The van der Waals surface area contributed by atoms with Crippen molar-refractivity contribution in [3.63, 3.8) is 0 Å². The SMILES string of the molecule is CCNc1cn2ccnc2c(NC(C)(C)CC(N)=O)n1. The molecule has 0 atom stereocenters. The highest BCUT2D eigenvalue weighted by molar-refractivity contribution is 5.76. The zero-order valence-corrected chi connectivity index (χ0v) is 12.0. The van der Waals surface area contributed by atoms with Crippen molar-refractivity contribution >= 4 is 23.2 Å². The second-order valence-electron chi connectivity index (χ2n) is 5.32. The molecule has 2 aromatic rings. The van der Waals surface area contributed by atoms with Crippen molar-refractivity contribution in [1.82, 2.24) is 14.4 Å². The lowest BCUT2D eigenvalue weighted by molar-refractivity contribution is -0.118. The number of nitrogens with two attached hydrogens (primary N) is 1. The van der Waals surface area contributed by atoms with E-state index in [1.165, 1.54) is 0 Å². The van der Waals surface area contributed by atoms with Crippen molar-refractivity contribution in [3.05, 3.63) is 18.6 Å². The van der Waals surface area contributed by atoms with Gasteiger partial charge in [0.25, 0.3) is 0 Å². The van der Waals surface area contributed by atoms with E-state index in [4.69, 9.17) is 5.73 Å². The maximum absolute atomic E-state index is 11.1. The Morgan fingerprint density at radius 2 is 2.25 bits per heavy atom. The third-order valence-corrected chi connectivity index (χ3v) is 2.80. The normalized spacial score (nSPS) is 11.6. The van der Waals surface area contributed by atoms with Gasteiger partial charge < -0.3 is 20.8 Å². The van der Waals surface area contributed by atoms with Gasteiger partial charge in [0, 0.05) is 30.9 Å². The average molecular weight is 276 g/mol. The molecular formula is C13H20N6O. The quantitative estimate of drug-likeness (QED) is 0.737. The molecule has 0 saturated heterocycles. The summed E-state index contributed by atoms with van der Waals surface area (Å²) in [5.74, 6) is 1.01. The molecule has 7 heteroatoms. The molecule has 0 bridgehead atoms. The molecule has 0 aliphatic rings. The minimum atomic E-state index is -0.490. The number of carbonyl (C=O) groups excluding carboxylic acids is 1.